The monoisotopic (exact) mass is 193 g/mol. The van der Waals surface area contributed by atoms with Crippen molar-refractivity contribution in [3.05, 3.63) is 23.9 Å². The third-order valence-electron chi connectivity index (χ3n) is 2.41. The van der Waals surface area contributed by atoms with E-state index in [0.717, 1.165) is 12.0 Å². The minimum Gasteiger partial charge on any atom is -0.384 e. The van der Waals surface area contributed by atoms with Gasteiger partial charge >= 0.3 is 0 Å². The smallest absolute Gasteiger partial charge is 0.123 e. The van der Waals surface area contributed by atoms with E-state index >= 15 is 0 Å². The van der Waals surface area contributed by atoms with Crippen molar-refractivity contribution in [2.45, 2.75) is 33.2 Å². The SMILES string of the molecule is CC(C)(C)C(N)Cc1ccnc(N)c1. The van der Waals surface area contributed by atoms with Gasteiger partial charge < -0.3 is 11.5 Å². The van der Waals surface area contributed by atoms with Gasteiger partial charge in [-0.3, -0.25) is 0 Å². The summed E-state index contributed by atoms with van der Waals surface area (Å²) in [6.07, 6.45) is 2.57. The van der Waals surface area contributed by atoms with E-state index in [1.54, 1.807) is 6.20 Å². The van der Waals surface area contributed by atoms with Gasteiger partial charge in [0, 0.05) is 12.2 Å². The second kappa shape index (κ2) is 3.96. The van der Waals surface area contributed by atoms with E-state index in [4.69, 9.17) is 11.5 Å². The van der Waals surface area contributed by atoms with Gasteiger partial charge in [-0.15, -0.1) is 0 Å². The Balaban J connectivity index is 2.70. The van der Waals surface area contributed by atoms with Crippen molar-refractivity contribution >= 4 is 5.82 Å². The summed E-state index contributed by atoms with van der Waals surface area (Å²) in [5, 5.41) is 0. The number of rotatable bonds is 2. The second-order valence-corrected chi connectivity index (χ2v) is 4.77. The van der Waals surface area contributed by atoms with E-state index in [-0.39, 0.29) is 11.5 Å². The van der Waals surface area contributed by atoms with E-state index in [9.17, 15) is 0 Å². The normalized spacial score (nSPS) is 14.0. The van der Waals surface area contributed by atoms with Gasteiger partial charge in [0.25, 0.3) is 0 Å². The fourth-order valence-corrected chi connectivity index (χ4v) is 1.18. The van der Waals surface area contributed by atoms with Crippen LogP contribution in [0.5, 0.6) is 0 Å². The molecule has 0 aliphatic heterocycles. The Kier molecular flexibility index (Phi) is 3.11. The lowest BCUT2D eigenvalue weighted by Crippen LogP contribution is -2.36. The highest BCUT2D eigenvalue weighted by molar-refractivity contribution is 5.32. The van der Waals surface area contributed by atoms with Crippen LogP contribution in [-0.4, -0.2) is 11.0 Å². The maximum atomic E-state index is 6.07. The first-order valence-electron chi connectivity index (χ1n) is 4.85. The molecular weight excluding hydrogens is 174 g/mol. The summed E-state index contributed by atoms with van der Waals surface area (Å²) >= 11 is 0. The number of anilines is 1. The van der Waals surface area contributed by atoms with E-state index in [1.165, 1.54) is 0 Å². The van der Waals surface area contributed by atoms with Crippen molar-refractivity contribution in [3.8, 4) is 0 Å². The highest BCUT2D eigenvalue weighted by atomic mass is 14.8. The zero-order valence-electron chi connectivity index (χ0n) is 9.12. The molecule has 1 unspecified atom stereocenters. The maximum absolute atomic E-state index is 6.07. The van der Waals surface area contributed by atoms with Crippen molar-refractivity contribution in [2.24, 2.45) is 11.1 Å². The number of pyridine rings is 1. The topological polar surface area (TPSA) is 64.9 Å². The van der Waals surface area contributed by atoms with Crippen LogP contribution in [-0.2, 0) is 6.42 Å². The number of hydrogen-bond acceptors (Lipinski definition) is 3. The molecule has 78 valence electrons. The zero-order chi connectivity index (χ0) is 10.8. The first-order valence-corrected chi connectivity index (χ1v) is 4.85. The second-order valence-electron chi connectivity index (χ2n) is 4.77. The van der Waals surface area contributed by atoms with Crippen LogP contribution in [0.25, 0.3) is 0 Å². The Morgan fingerprint density at radius 2 is 2.07 bits per heavy atom. The van der Waals surface area contributed by atoms with E-state index < -0.39 is 0 Å². The van der Waals surface area contributed by atoms with Gasteiger partial charge in [-0.05, 0) is 29.5 Å². The fraction of sp³-hybridized carbons (Fsp3) is 0.545. The van der Waals surface area contributed by atoms with Crippen LogP contribution < -0.4 is 11.5 Å². The lowest BCUT2D eigenvalue weighted by atomic mass is 9.84. The average molecular weight is 193 g/mol. The molecule has 0 aliphatic carbocycles. The maximum Gasteiger partial charge on any atom is 0.123 e. The molecule has 0 amide bonds. The number of nitrogens with zero attached hydrogens (tertiary/aromatic N) is 1. The number of hydrogen-bond donors (Lipinski definition) is 2. The Bertz CT molecular complexity index is 302. The number of nitrogens with two attached hydrogens (primary N) is 2. The van der Waals surface area contributed by atoms with Gasteiger partial charge in [-0.2, -0.15) is 0 Å². The minimum absolute atomic E-state index is 0.123. The molecule has 0 bridgehead atoms. The van der Waals surface area contributed by atoms with Crippen LogP contribution in [0.4, 0.5) is 5.82 Å². The third kappa shape index (κ3) is 3.00. The Hall–Kier alpha value is -1.09. The summed E-state index contributed by atoms with van der Waals surface area (Å²) in [6.45, 7) is 6.42. The van der Waals surface area contributed by atoms with Gasteiger partial charge in [0.2, 0.25) is 0 Å². The summed E-state index contributed by atoms with van der Waals surface area (Å²) in [6, 6.07) is 3.98. The largest absolute Gasteiger partial charge is 0.384 e. The van der Waals surface area contributed by atoms with Crippen molar-refractivity contribution in [3.63, 3.8) is 0 Å². The Morgan fingerprint density at radius 3 is 2.57 bits per heavy atom. The molecule has 4 N–H and O–H groups in total. The highest BCUT2D eigenvalue weighted by Crippen LogP contribution is 2.20. The molecule has 1 aromatic heterocycles. The highest BCUT2D eigenvalue weighted by Gasteiger charge is 2.20. The average Bonchev–Trinajstić information content (AvgIpc) is 2.02. The predicted octanol–water partition coefficient (Wildman–Crippen LogP) is 1.58. The van der Waals surface area contributed by atoms with E-state index in [2.05, 4.69) is 25.8 Å². The summed E-state index contributed by atoms with van der Waals surface area (Å²) in [4.78, 5) is 3.95. The van der Waals surface area contributed by atoms with Crippen LogP contribution in [0.15, 0.2) is 18.3 Å². The van der Waals surface area contributed by atoms with Crippen LogP contribution in [0, 0.1) is 5.41 Å². The molecule has 3 heteroatoms. The zero-order valence-corrected chi connectivity index (χ0v) is 9.12. The van der Waals surface area contributed by atoms with Crippen LogP contribution in [0.3, 0.4) is 0 Å². The molecule has 1 heterocycles. The lowest BCUT2D eigenvalue weighted by Gasteiger charge is -2.27. The van der Waals surface area contributed by atoms with E-state index in [1.807, 2.05) is 12.1 Å². The first-order chi connectivity index (χ1) is 6.39. The van der Waals surface area contributed by atoms with Crippen molar-refractivity contribution in [1.82, 2.24) is 4.98 Å². The van der Waals surface area contributed by atoms with Crippen molar-refractivity contribution in [2.75, 3.05) is 5.73 Å². The van der Waals surface area contributed by atoms with Gasteiger partial charge in [-0.25, -0.2) is 4.98 Å². The molecule has 0 aromatic carbocycles. The lowest BCUT2D eigenvalue weighted by molar-refractivity contribution is 0.318. The molecule has 1 atom stereocenters. The summed E-state index contributed by atoms with van der Waals surface area (Å²) in [5.74, 6) is 0.559. The van der Waals surface area contributed by atoms with Crippen molar-refractivity contribution in [1.29, 1.82) is 0 Å². The summed E-state index contributed by atoms with van der Waals surface area (Å²) in [7, 11) is 0. The molecule has 0 fully saturated rings. The molecule has 0 spiro atoms. The van der Waals surface area contributed by atoms with E-state index in [0.29, 0.717) is 5.82 Å². The van der Waals surface area contributed by atoms with Gasteiger partial charge in [0.05, 0.1) is 0 Å². The van der Waals surface area contributed by atoms with Crippen LogP contribution in [0.2, 0.25) is 0 Å². The number of nitrogen functional groups attached to an aromatic ring is 1. The molecule has 0 saturated heterocycles. The molecule has 0 saturated carbocycles. The predicted molar refractivity (Wildman–Crippen MR) is 59.8 cm³/mol. The molecule has 0 radical (unpaired) electrons. The first kappa shape index (κ1) is 11.0. The van der Waals surface area contributed by atoms with Gasteiger partial charge in [0.15, 0.2) is 0 Å². The van der Waals surface area contributed by atoms with Gasteiger partial charge in [-0.1, -0.05) is 20.8 Å². The van der Waals surface area contributed by atoms with Crippen LogP contribution >= 0.6 is 0 Å². The molecule has 0 aliphatic rings. The Labute approximate surface area is 85.5 Å². The summed E-state index contributed by atoms with van der Waals surface area (Å²) in [5.41, 5.74) is 12.9. The van der Waals surface area contributed by atoms with Crippen molar-refractivity contribution < 1.29 is 0 Å². The molecule has 1 rings (SSSR count). The third-order valence-corrected chi connectivity index (χ3v) is 2.41. The number of aromatic nitrogens is 1. The molecule has 3 nitrogen and oxygen atoms in total. The van der Waals surface area contributed by atoms with Gasteiger partial charge in [0.1, 0.15) is 5.82 Å². The van der Waals surface area contributed by atoms with Crippen LogP contribution in [0.1, 0.15) is 26.3 Å². The summed E-state index contributed by atoms with van der Waals surface area (Å²) < 4.78 is 0. The quantitative estimate of drug-likeness (QED) is 0.749. The molecular formula is C11H19N3. The fourth-order valence-electron chi connectivity index (χ4n) is 1.18. The Morgan fingerprint density at radius 1 is 1.43 bits per heavy atom. The molecule has 14 heavy (non-hydrogen) atoms. The standard InChI is InChI=1S/C11H19N3/c1-11(2,3)9(12)6-8-4-5-14-10(13)7-8/h4-5,7,9H,6,12H2,1-3H3,(H2,13,14). The molecule has 1 aromatic rings. The minimum atomic E-state index is 0.123.